The summed E-state index contributed by atoms with van der Waals surface area (Å²) >= 11 is 0. The number of nitrogens with zero attached hydrogens (tertiary/aromatic N) is 5. The van der Waals surface area contributed by atoms with Crippen molar-refractivity contribution >= 4 is 10.0 Å². The Balaban J connectivity index is 1.55. The average Bonchev–Trinajstić information content (AvgIpc) is 3.23. The zero-order chi connectivity index (χ0) is 18.4. The maximum absolute atomic E-state index is 13.3. The molecule has 8 heteroatoms. The first-order valence-electron chi connectivity index (χ1n) is 9.05. The predicted octanol–water partition coefficient (Wildman–Crippen LogP) is 2.12. The maximum Gasteiger partial charge on any atom is 0.243 e. The molecule has 2 unspecified atom stereocenters. The van der Waals surface area contributed by atoms with E-state index in [0.717, 1.165) is 30.1 Å². The van der Waals surface area contributed by atoms with Crippen molar-refractivity contribution in [1.82, 2.24) is 24.1 Å². The number of aromatic nitrogens is 4. The Morgan fingerprint density at radius 1 is 0.963 bits per heavy atom. The highest BCUT2D eigenvalue weighted by Crippen LogP contribution is 2.37. The molecule has 1 saturated heterocycles. The maximum atomic E-state index is 13.3. The minimum atomic E-state index is -3.53. The number of fused-ring (bicyclic) bond motifs is 3. The third-order valence-electron chi connectivity index (χ3n) is 5.43. The summed E-state index contributed by atoms with van der Waals surface area (Å²) < 4.78 is 30.4. The fraction of sp³-hybridized carbons (Fsp3) is 0.316. The lowest BCUT2D eigenvalue weighted by molar-refractivity contribution is 0.316. The van der Waals surface area contributed by atoms with Crippen LogP contribution >= 0.6 is 0 Å². The van der Waals surface area contributed by atoms with Crippen LogP contribution in [0.1, 0.15) is 18.7 Å². The molecule has 4 heterocycles. The van der Waals surface area contributed by atoms with Crippen molar-refractivity contribution < 1.29 is 8.42 Å². The Bertz CT molecular complexity index is 1070. The molecular weight excluding hydrogens is 362 g/mol. The van der Waals surface area contributed by atoms with E-state index in [-0.39, 0.29) is 12.1 Å². The lowest BCUT2D eigenvalue weighted by Crippen LogP contribution is -2.42. The number of hydrogen-bond donors (Lipinski definition) is 0. The largest absolute Gasteiger partial charge is 0.309 e. The van der Waals surface area contributed by atoms with Crippen molar-refractivity contribution in [3.8, 4) is 11.4 Å². The SMILES string of the molecule is O=S(=O)(c1ccccc1)N1C2CCC1Cn1c(nnc1-c1cccnc1)C2. The van der Waals surface area contributed by atoms with Gasteiger partial charge in [0.05, 0.1) is 4.90 Å². The molecule has 27 heavy (non-hydrogen) atoms. The van der Waals surface area contributed by atoms with E-state index in [1.807, 2.05) is 18.2 Å². The molecule has 2 aromatic heterocycles. The highest BCUT2D eigenvalue weighted by Gasteiger charge is 2.45. The molecule has 0 amide bonds. The van der Waals surface area contributed by atoms with Crippen LogP contribution in [0.3, 0.4) is 0 Å². The average molecular weight is 381 g/mol. The molecule has 2 atom stereocenters. The minimum Gasteiger partial charge on any atom is -0.309 e. The Morgan fingerprint density at radius 3 is 2.56 bits per heavy atom. The quantitative estimate of drug-likeness (QED) is 0.694. The van der Waals surface area contributed by atoms with E-state index in [0.29, 0.717) is 17.9 Å². The second kappa shape index (κ2) is 6.24. The van der Waals surface area contributed by atoms with E-state index < -0.39 is 10.0 Å². The van der Waals surface area contributed by atoms with E-state index >= 15 is 0 Å². The third-order valence-corrected chi connectivity index (χ3v) is 7.45. The van der Waals surface area contributed by atoms with Gasteiger partial charge in [0.15, 0.2) is 5.82 Å². The van der Waals surface area contributed by atoms with Gasteiger partial charge in [0.25, 0.3) is 0 Å². The summed E-state index contributed by atoms with van der Waals surface area (Å²) in [6.07, 6.45) is 5.76. The zero-order valence-corrected chi connectivity index (χ0v) is 15.5. The topological polar surface area (TPSA) is 81.0 Å². The lowest BCUT2D eigenvalue weighted by atomic mass is 10.1. The van der Waals surface area contributed by atoms with Crippen molar-refractivity contribution in [1.29, 1.82) is 0 Å². The van der Waals surface area contributed by atoms with Gasteiger partial charge in [0, 0.05) is 43.0 Å². The number of hydrogen-bond acceptors (Lipinski definition) is 5. The summed E-state index contributed by atoms with van der Waals surface area (Å²) in [4.78, 5) is 4.52. The van der Waals surface area contributed by atoms with Crippen molar-refractivity contribution in [3.63, 3.8) is 0 Å². The standard InChI is InChI=1S/C19H19N5O2S/c25-27(26,17-6-2-1-3-7-17)24-15-8-9-16(24)13-23-18(11-15)21-22-19(23)14-5-4-10-20-12-14/h1-7,10,12,15-16H,8-9,11,13H2. The zero-order valence-electron chi connectivity index (χ0n) is 14.6. The third kappa shape index (κ3) is 2.67. The van der Waals surface area contributed by atoms with E-state index in [9.17, 15) is 8.42 Å². The Hall–Kier alpha value is -2.58. The number of sulfonamides is 1. The van der Waals surface area contributed by atoms with Crippen LogP contribution in [0.4, 0.5) is 0 Å². The molecule has 0 aliphatic carbocycles. The molecule has 1 fully saturated rings. The predicted molar refractivity (Wildman–Crippen MR) is 99.2 cm³/mol. The van der Waals surface area contributed by atoms with Gasteiger partial charge in [-0.3, -0.25) is 4.98 Å². The van der Waals surface area contributed by atoms with E-state index in [1.165, 1.54) is 0 Å². The van der Waals surface area contributed by atoms with Gasteiger partial charge >= 0.3 is 0 Å². The lowest BCUT2D eigenvalue weighted by Gasteiger charge is -2.27. The van der Waals surface area contributed by atoms with Crippen LogP contribution in [-0.4, -0.2) is 44.6 Å². The molecule has 138 valence electrons. The van der Waals surface area contributed by atoms with E-state index in [4.69, 9.17) is 0 Å². The minimum absolute atomic E-state index is 0.0765. The van der Waals surface area contributed by atoms with Gasteiger partial charge in [-0.15, -0.1) is 10.2 Å². The summed E-state index contributed by atoms with van der Waals surface area (Å²) in [5.74, 6) is 1.59. The van der Waals surface area contributed by atoms with Gasteiger partial charge < -0.3 is 4.57 Å². The highest BCUT2D eigenvalue weighted by molar-refractivity contribution is 7.89. The number of benzene rings is 1. The van der Waals surface area contributed by atoms with Crippen LogP contribution in [0.15, 0.2) is 59.8 Å². The molecule has 2 aliphatic heterocycles. The monoisotopic (exact) mass is 381 g/mol. The number of pyridine rings is 1. The molecule has 2 aliphatic rings. The molecule has 0 saturated carbocycles. The normalized spacial score (nSPS) is 22.4. The van der Waals surface area contributed by atoms with Gasteiger partial charge in [0.2, 0.25) is 10.0 Å². The van der Waals surface area contributed by atoms with Crippen molar-refractivity contribution in [2.45, 2.75) is 42.8 Å². The summed E-state index contributed by atoms with van der Waals surface area (Å²) in [6, 6.07) is 12.3. The molecule has 0 spiro atoms. The van der Waals surface area contributed by atoms with E-state index in [2.05, 4.69) is 19.7 Å². The van der Waals surface area contributed by atoms with Crippen LogP contribution < -0.4 is 0 Å². The van der Waals surface area contributed by atoms with Crippen molar-refractivity contribution in [2.75, 3.05) is 0 Å². The smallest absolute Gasteiger partial charge is 0.243 e. The first kappa shape index (κ1) is 16.6. The fourth-order valence-corrected chi connectivity index (χ4v) is 6.10. The molecule has 0 radical (unpaired) electrons. The molecule has 0 N–H and O–H groups in total. The molecule has 7 nitrogen and oxygen atoms in total. The highest BCUT2D eigenvalue weighted by atomic mass is 32.2. The van der Waals surface area contributed by atoms with Crippen molar-refractivity contribution in [3.05, 3.63) is 60.7 Å². The Kier molecular flexibility index (Phi) is 3.84. The van der Waals surface area contributed by atoms with Crippen LogP contribution in [0.2, 0.25) is 0 Å². The van der Waals surface area contributed by atoms with Crippen LogP contribution in [0, 0.1) is 0 Å². The van der Waals surface area contributed by atoms with Gasteiger partial charge in [-0.2, -0.15) is 4.31 Å². The summed E-state index contributed by atoms with van der Waals surface area (Å²) in [6.45, 7) is 0.565. The Morgan fingerprint density at radius 2 is 1.78 bits per heavy atom. The molecule has 1 aromatic carbocycles. The van der Waals surface area contributed by atoms with Crippen molar-refractivity contribution in [2.24, 2.45) is 0 Å². The van der Waals surface area contributed by atoms with Crippen LogP contribution in [0.25, 0.3) is 11.4 Å². The van der Waals surface area contributed by atoms with Crippen LogP contribution in [0.5, 0.6) is 0 Å². The second-order valence-electron chi connectivity index (χ2n) is 7.03. The van der Waals surface area contributed by atoms with Gasteiger partial charge in [-0.05, 0) is 37.1 Å². The van der Waals surface area contributed by atoms with Gasteiger partial charge in [-0.1, -0.05) is 18.2 Å². The summed E-state index contributed by atoms with van der Waals surface area (Å²) in [5, 5.41) is 8.72. The van der Waals surface area contributed by atoms with Gasteiger partial charge in [-0.25, -0.2) is 8.42 Å². The first-order valence-corrected chi connectivity index (χ1v) is 10.5. The summed E-state index contributed by atoms with van der Waals surface area (Å²) in [7, 11) is -3.53. The van der Waals surface area contributed by atoms with E-state index in [1.54, 1.807) is 41.0 Å². The summed E-state index contributed by atoms with van der Waals surface area (Å²) in [5.41, 5.74) is 0.895. The molecule has 5 rings (SSSR count). The second-order valence-corrected chi connectivity index (χ2v) is 8.87. The Labute approximate surface area is 157 Å². The molecular formula is C19H19N5O2S. The first-order chi connectivity index (χ1) is 13.1. The van der Waals surface area contributed by atoms with Crippen LogP contribution in [-0.2, 0) is 23.0 Å². The number of rotatable bonds is 3. The molecule has 3 aromatic rings. The fourth-order valence-electron chi connectivity index (χ4n) is 4.22. The molecule has 2 bridgehead atoms. The van der Waals surface area contributed by atoms with Gasteiger partial charge in [0.1, 0.15) is 5.82 Å².